The number of anilines is 2. The molecule has 1 N–H and O–H groups in total. The number of hydrogen-bond acceptors (Lipinski definition) is 5. The van der Waals surface area contributed by atoms with Gasteiger partial charge in [0, 0.05) is 18.3 Å². The standard InChI is InChI=1S/C22H22N2O5S/c1-24(30(26,27)21-14-12-20(29-3)13-15-21)18-8-4-16(5-9-18)22(25)23-17-6-10-19(28-2)11-7-17/h4-15H,1-3H3,(H,23,25). The van der Waals surface area contributed by atoms with Crippen molar-refractivity contribution in [3.05, 3.63) is 78.4 Å². The van der Waals surface area contributed by atoms with Crippen LogP contribution >= 0.6 is 0 Å². The van der Waals surface area contributed by atoms with E-state index in [0.717, 1.165) is 0 Å². The summed E-state index contributed by atoms with van der Waals surface area (Å²) < 4.78 is 37.0. The zero-order valence-corrected chi connectivity index (χ0v) is 17.6. The zero-order valence-electron chi connectivity index (χ0n) is 16.8. The van der Waals surface area contributed by atoms with Crippen molar-refractivity contribution in [1.29, 1.82) is 0 Å². The first kappa shape index (κ1) is 21.2. The molecule has 0 fully saturated rings. The summed E-state index contributed by atoms with van der Waals surface area (Å²) in [6, 6.07) is 19.5. The Balaban J connectivity index is 1.73. The summed E-state index contributed by atoms with van der Waals surface area (Å²) in [5, 5.41) is 2.79. The van der Waals surface area contributed by atoms with Crippen molar-refractivity contribution < 1.29 is 22.7 Å². The Kier molecular flexibility index (Phi) is 6.27. The van der Waals surface area contributed by atoms with Crippen LogP contribution in [0.4, 0.5) is 11.4 Å². The Morgan fingerprint density at radius 2 is 1.30 bits per heavy atom. The first-order valence-electron chi connectivity index (χ1n) is 9.03. The number of sulfonamides is 1. The van der Waals surface area contributed by atoms with Crippen LogP contribution in [0.25, 0.3) is 0 Å². The van der Waals surface area contributed by atoms with Gasteiger partial charge >= 0.3 is 0 Å². The number of amides is 1. The van der Waals surface area contributed by atoms with Crippen molar-refractivity contribution in [2.24, 2.45) is 0 Å². The maximum absolute atomic E-state index is 12.8. The van der Waals surface area contributed by atoms with Gasteiger partial charge in [-0.1, -0.05) is 0 Å². The third-order valence-corrected chi connectivity index (χ3v) is 6.36. The van der Waals surface area contributed by atoms with E-state index in [9.17, 15) is 13.2 Å². The molecule has 0 radical (unpaired) electrons. The van der Waals surface area contributed by atoms with Crippen LogP contribution in [0.5, 0.6) is 11.5 Å². The van der Waals surface area contributed by atoms with E-state index < -0.39 is 10.0 Å². The van der Waals surface area contributed by atoms with Crippen LogP contribution in [-0.4, -0.2) is 35.6 Å². The Morgan fingerprint density at radius 3 is 1.80 bits per heavy atom. The Morgan fingerprint density at radius 1 is 0.800 bits per heavy atom. The molecule has 0 aliphatic rings. The van der Waals surface area contributed by atoms with Gasteiger partial charge in [0.15, 0.2) is 0 Å². The number of methoxy groups -OCH3 is 2. The molecule has 0 spiro atoms. The lowest BCUT2D eigenvalue weighted by atomic mass is 10.2. The van der Waals surface area contributed by atoms with Crippen LogP contribution in [-0.2, 0) is 10.0 Å². The number of rotatable bonds is 7. The number of carbonyl (C=O) groups is 1. The molecule has 30 heavy (non-hydrogen) atoms. The van der Waals surface area contributed by atoms with E-state index in [2.05, 4.69) is 5.32 Å². The van der Waals surface area contributed by atoms with Gasteiger partial charge in [-0.25, -0.2) is 8.42 Å². The number of benzene rings is 3. The Hall–Kier alpha value is -3.52. The minimum absolute atomic E-state index is 0.145. The van der Waals surface area contributed by atoms with Crippen LogP contribution in [0.1, 0.15) is 10.4 Å². The second-order valence-corrected chi connectivity index (χ2v) is 8.35. The molecule has 3 aromatic rings. The number of hydrogen-bond donors (Lipinski definition) is 1. The average molecular weight is 426 g/mol. The van der Waals surface area contributed by atoms with Crippen LogP contribution in [0.2, 0.25) is 0 Å². The van der Waals surface area contributed by atoms with Crippen molar-refractivity contribution >= 4 is 27.3 Å². The fraction of sp³-hybridized carbons (Fsp3) is 0.136. The maximum Gasteiger partial charge on any atom is 0.264 e. The molecule has 0 aromatic heterocycles. The second kappa shape index (κ2) is 8.87. The summed E-state index contributed by atoms with van der Waals surface area (Å²) in [4.78, 5) is 12.6. The monoisotopic (exact) mass is 426 g/mol. The van der Waals surface area contributed by atoms with Gasteiger partial charge in [-0.3, -0.25) is 9.10 Å². The van der Waals surface area contributed by atoms with Crippen molar-refractivity contribution in [2.45, 2.75) is 4.90 Å². The highest BCUT2D eigenvalue weighted by molar-refractivity contribution is 7.92. The molecule has 1 amide bonds. The van der Waals surface area contributed by atoms with E-state index in [0.29, 0.717) is 28.4 Å². The first-order valence-corrected chi connectivity index (χ1v) is 10.5. The summed E-state index contributed by atoms with van der Waals surface area (Å²) in [7, 11) is 0.811. The molecule has 0 saturated carbocycles. The van der Waals surface area contributed by atoms with Gasteiger partial charge in [-0.2, -0.15) is 0 Å². The summed E-state index contributed by atoms with van der Waals surface area (Å²) in [5.74, 6) is 0.967. The quantitative estimate of drug-likeness (QED) is 0.621. The predicted octanol–water partition coefficient (Wildman–Crippen LogP) is 3.78. The minimum atomic E-state index is -3.74. The molecule has 0 aliphatic heterocycles. The van der Waals surface area contributed by atoms with E-state index in [-0.39, 0.29) is 10.8 Å². The first-order chi connectivity index (χ1) is 14.3. The molecular formula is C22H22N2O5S. The number of carbonyl (C=O) groups excluding carboxylic acids is 1. The number of ether oxygens (including phenoxy) is 2. The lowest BCUT2D eigenvalue weighted by molar-refractivity contribution is 0.102. The van der Waals surface area contributed by atoms with Crippen molar-refractivity contribution in [3.8, 4) is 11.5 Å². The number of nitrogens with one attached hydrogen (secondary N) is 1. The second-order valence-electron chi connectivity index (χ2n) is 6.38. The smallest absolute Gasteiger partial charge is 0.264 e. The summed E-state index contributed by atoms with van der Waals surface area (Å²) in [5.41, 5.74) is 1.47. The molecule has 0 aliphatic carbocycles. The zero-order chi connectivity index (χ0) is 21.7. The largest absolute Gasteiger partial charge is 0.497 e. The number of nitrogens with zero attached hydrogens (tertiary/aromatic N) is 1. The summed E-state index contributed by atoms with van der Waals surface area (Å²) in [6.45, 7) is 0. The maximum atomic E-state index is 12.8. The molecule has 3 rings (SSSR count). The molecule has 0 bridgehead atoms. The highest BCUT2D eigenvalue weighted by Crippen LogP contribution is 2.24. The fourth-order valence-electron chi connectivity index (χ4n) is 2.74. The molecule has 0 saturated heterocycles. The van der Waals surface area contributed by atoms with E-state index in [1.807, 2.05) is 0 Å². The van der Waals surface area contributed by atoms with E-state index in [1.54, 1.807) is 67.8 Å². The predicted molar refractivity (Wildman–Crippen MR) is 116 cm³/mol. The lowest BCUT2D eigenvalue weighted by Crippen LogP contribution is -2.26. The SMILES string of the molecule is COc1ccc(NC(=O)c2ccc(N(C)S(=O)(=O)c3ccc(OC)cc3)cc2)cc1. The third kappa shape index (κ3) is 4.55. The lowest BCUT2D eigenvalue weighted by Gasteiger charge is -2.20. The molecule has 0 atom stereocenters. The van der Waals surface area contributed by atoms with Crippen LogP contribution in [0.15, 0.2) is 77.7 Å². The van der Waals surface area contributed by atoms with Gasteiger partial charge in [0.1, 0.15) is 11.5 Å². The molecule has 0 unspecified atom stereocenters. The van der Waals surface area contributed by atoms with Crippen LogP contribution in [0, 0.1) is 0 Å². The van der Waals surface area contributed by atoms with Gasteiger partial charge in [-0.05, 0) is 72.8 Å². The van der Waals surface area contributed by atoms with Gasteiger partial charge in [-0.15, -0.1) is 0 Å². The minimum Gasteiger partial charge on any atom is -0.497 e. The third-order valence-electron chi connectivity index (χ3n) is 4.56. The van der Waals surface area contributed by atoms with Gasteiger partial charge in [0.25, 0.3) is 15.9 Å². The highest BCUT2D eigenvalue weighted by Gasteiger charge is 2.21. The summed E-state index contributed by atoms with van der Waals surface area (Å²) in [6.07, 6.45) is 0. The van der Waals surface area contributed by atoms with E-state index >= 15 is 0 Å². The van der Waals surface area contributed by atoms with Crippen molar-refractivity contribution in [2.75, 3.05) is 30.9 Å². The van der Waals surface area contributed by atoms with Gasteiger partial charge < -0.3 is 14.8 Å². The van der Waals surface area contributed by atoms with E-state index in [1.165, 1.54) is 30.6 Å². The van der Waals surface area contributed by atoms with Gasteiger partial charge in [0.2, 0.25) is 0 Å². The van der Waals surface area contributed by atoms with Crippen LogP contribution < -0.4 is 19.1 Å². The highest BCUT2D eigenvalue weighted by atomic mass is 32.2. The molecule has 156 valence electrons. The Labute approximate surface area is 175 Å². The van der Waals surface area contributed by atoms with E-state index in [4.69, 9.17) is 9.47 Å². The van der Waals surface area contributed by atoms with Crippen molar-refractivity contribution in [3.63, 3.8) is 0 Å². The van der Waals surface area contributed by atoms with Gasteiger partial charge in [0.05, 0.1) is 24.8 Å². The molecular weight excluding hydrogens is 404 g/mol. The Bertz CT molecular complexity index is 1110. The molecule has 7 nitrogen and oxygen atoms in total. The average Bonchev–Trinajstić information content (AvgIpc) is 2.79. The van der Waals surface area contributed by atoms with Crippen LogP contribution in [0.3, 0.4) is 0 Å². The topological polar surface area (TPSA) is 84.9 Å². The molecule has 0 heterocycles. The molecule has 8 heteroatoms. The normalized spacial score (nSPS) is 10.9. The molecule has 3 aromatic carbocycles. The fourth-order valence-corrected chi connectivity index (χ4v) is 3.94. The van der Waals surface area contributed by atoms with Crippen molar-refractivity contribution in [1.82, 2.24) is 0 Å². The summed E-state index contributed by atoms with van der Waals surface area (Å²) >= 11 is 0.